The van der Waals surface area contributed by atoms with Crippen molar-refractivity contribution in [2.24, 2.45) is 0 Å². The standard InChI is InChI=1S/C18H22N2O2/c1-13(20(14(2)21)12-18(22)19(3)4)16-11-7-9-15-8-5-6-10-17(15)16/h5-11,13H,12H2,1-4H3/t13-/m0/s1. The van der Waals surface area contributed by atoms with Gasteiger partial charge < -0.3 is 9.80 Å². The lowest BCUT2D eigenvalue weighted by atomic mass is 9.98. The molecule has 0 aromatic heterocycles. The number of likely N-dealkylation sites (N-methyl/N-ethyl adjacent to an activating group) is 1. The third kappa shape index (κ3) is 3.27. The van der Waals surface area contributed by atoms with Gasteiger partial charge in [-0.2, -0.15) is 0 Å². The normalized spacial score (nSPS) is 12.0. The van der Waals surface area contributed by atoms with Gasteiger partial charge in [0.05, 0.1) is 6.04 Å². The molecule has 2 aromatic rings. The van der Waals surface area contributed by atoms with Crippen molar-refractivity contribution in [3.63, 3.8) is 0 Å². The maximum atomic E-state index is 12.0. The van der Waals surface area contributed by atoms with Gasteiger partial charge in [0, 0.05) is 21.0 Å². The summed E-state index contributed by atoms with van der Waals surface area (Å²) in [5.41, 5.74) is 1.06. The molecule has 2 aromatic carbocycles. The van der Waals surface area contributed by atoms with Crippen LogP contribution < -0.4 is 0 Å². The van der Waals surface area contributed by atoms with Gasteiger partial charge in [0.15, 0.2) is 0 Å². The molecule has 0 aliphatic rings. The Morgan fingerprint density at radius 1 is 1.05 bits per heavy atom. The lowest BCUT2D eigenvalue weighted by Gasteiger charge is -2.29. The maximum Gasteiger partial charge on any atom is 0.241 e. The van der Waals surface area contributed by atoms with Crippen molar-refractivity contribution in [1.29, 1.82) is 0 Å². The predicted molar refractivity (Wildman–Crippen MR) is 88.4 cm³/mol. The van der Waals surface area contributed by atoms with Gasteiger partial charge in [-0.1, -0.05) is 42.5 Å². The summed E-state index contributed by atoms with van der Waals surface area (Å²) in [4.78, 5) is 27.1. The van der Waals surface area contributed by atoms with Crippen molar-refractivity contribution in [3.05, 3.63) is 48.0 Å². The molecule has 22 heavy (non-hydrogen) atoms. The van der Waals surface area contributed by atoms with Gasteiger partial charge in [-0.3, -0.25) is 9.59 Å². The van der Waals surface area contributed by atoms with Crippen molar-refractivity contribution in [2.45, 2.75) is 19.9 Å². The van der Waals surface area contributed by atoms with E-state index in [-0.39, 0.29) is 24.4 Å². The number of carbonyl (C=O) groups is 2. The summed E-state index contributed by atoms with van der Waals surface area (Å²) in [5, 5.41) is 2.25. The summed E-state index contributed by atoms with van der Waals surface area (Å²) in [5.74, 6) is -0.182. The second-order valence-corrected chi connectivity index (χ2v) is 5.68. The summed E-state index contributed by atoms with van der Waals surface area (Å²) in [6.45, 7) is 3.56. The van der Waals surface area contributed by atoms with Gasteiger partial charge in [0.1, 0.15) is 6.54 Å². The second kappa shape index (κ2) is 6.60. The first-order valence-electron chi connectivity index (χ1n) is 7.37. The molecule has 0 fully saturated rings. The van der Waals surface area contributed by atoms with E-state index in [1.807, 2.05) is 37.3 Å². The molecule has 1 atom stereocenters. The van der Waals surface area contributed by atoms with Crippen molar-refractivity contribution >= 4 is 22.6 Å². The van der Waals surface area contributed by atoms with Crippen LogP contribution in [0.15, 0.2) is 42.5 Å². The molecular formula is C18H22N2O2. The van der Waals surface area contributed by atoms with Crippen LogP contribution in [0, 0.1) is 0 Å². The van der Waals surface area contributed by atoms with Crippen LogP contribution in [0.5, 0.6) is 0 Å². The largest absolute Gasteiger partial charge is 0.347 e. The Morgan fingerprint density at radius 2 is 1.68 bits per heavy atom. The lowest BCUT2D eigenvalue weighted by Crippen LogP contribution is -2.40. The third-order valence-electron chi connectivity index (χ3n) is 3.95. The number of hydrogen-bond acceptors (Lipinski definition) is 2. The first-order chi connectivity index (χ1) is 10.4. The van der Waals surface area contributed by atoms with Gasteiger partial charge in [0.25, 0.3) is 0 Å². The summed E-state index contributed by atoms with van der Waals surface area (Å²) < 4.78 is 0. The molecule has 0 unspecified atom stereocenters. The summed E-state index contributed by atoms with van der Waals surface area (Å²) in [7, 11) is 3.40. The number of nitrogens with zero attached hydrogens (tertiary/aromatic N) is 2. The number of amides is 2. The first kappa shape index (κ1) is 16.0. The Labute approximate surface area is 131 Å². The number of benzene rings is 2. The highest BCUT2D eigenvalue weighted by Crippen LogP contribution is 2.28. The highest BCUT2D eigenvalue weighted by atomic mass is 16.2. The Balaban J connectivity index is 2.39. The van der Waals surface area contributed by atoms with E-state index >= 15 is 0 Å². The fourth-order valence-electron chi connectivity index (χ4n) is 2.59. The maximum absolute atomic E-state index is 12.0. The fraction of sp³-hybridized carbons (Fsp3) is 0.333. The molecule has 116 valence electrons. The minimum absolute atomic E-state index is 0.0812. The smallest absolute Gasteiger partial charge is 0.241 e. The number of carbonyl (C=O) groups excluding carboxylic acids is 2. The average Bonchev–Trinajstić information content (AvgIpc) is 2.50. The van der Waals surface area contributed by atoms with E-state index in [1.165, 1.54) is 11.8 Å². The molecular weight excluding hydrogens is 276 g/mol. The van der Waals surface area contributed by atoms with E-state index in [0.717, 1.165) is 16.3 Å². The van der Waals surface area contributed by atoms with E-state index < -0.39 is 0 Å². The molecule has 0 radical (unpaired) electrons. The molecule has 4 heteroatoms. The van der Waals surface area contributed by atoms with Crippen LogP contribution in [-0.4, -0.2) is 42.3 Å². The van der Waals surface area contributed by atoms with E-state index in [2.05, 4.69) is 12.1 Å². The minimum Gasteiger partial charge on any atom is -0.347 e. The van der Waals surface area contributed by atoms with Gasteiger partial charge in [-0.15, -0.1) is 0 Å². The quantitative estimate of drug-likeness (QED) is 0.871. The minimum atomic E-state index is -0.160. The number of rotatable bonds is 4. The van der Waals surface area contributed by atoms with Crippen molar-refractivity contribution < 1.29 is 9.59 Å². The summed E-state index contributed by atoms with van der Waals surface area (Å²) in [6, 6.07) is 14.0. The van der Waals surface area contributed by atoms with Crippen molar-refractivity contribution in [2.75, 3.05) is 20.6 Å². The van der Waals surface area contributed by atoms with Crippen molar-refractivity contribution in [1.82, 2.24) is 9.80 Å². The zero-order valence-corrected chi connectivity index (χ0v) is 13.5. The molecule has 0 aliphatic carbocycles. The van der Waals surface area contributed by atoms with Crippen molar-refractivity contribution in [3.8, 4) is 0 Å². The Bertz CT molecular complexity index is 689. The molecule has 4 nitrogen and oxygen atoms in total. The van der Waals surface area contributed by atoms with Gasteiger partial charge in [0.2, 0.25) is 11.8 Å². The summed E-state index contributed by atoms with van der Waals surface area (Å²) >= 11 is 0. The predicted octanol–water partition coefficient (Wildman–Crippen LogP) is 2.84. The van der Waals surface area contributed by atoms with E-state index in [1.54, 1.807) is 19.0 Å². The van der Waals surface area contributed by atoms with E-state index in [9.17, 15) is 9.59 Å². The molecule has 0 bridgehead atoms. The Hall–Kier alpha value is -2.36. The number of hydrogen-bond donors (Lipinski definition) is 0. The molecule has 0 saturated carbocycles. The zero-order chi connectivity index (χ0) is 16.3. The van der Waals surface area contributed by atoms with Crippen LogP contribution in [0.2, 0.25) is 0 Å². The van der Waals surface area contributed by atoms with E-state index in [0.29, 0.717) is 0 Å². The monoisotopic (exact) mass is 298 g/mol. The third-order valence-corrected chi connectivity index (χ3v) is 3.95. The molecule has 0 spiro atoms. The van der Waals surface area contributed by atoms with Crippen LogP contribution >= 0.6 is 0 Å². The van der Waals surface area contributed by atoms with Crippen LogP contribution in [0.25, 0.3) is 10.8 Å². The Kier molecular flexibility index (Phi) is 4.81. The van der Waals surface area contributed by atoms with Gasteiger partial charge in [-0.05, 0) is 23.3 Å². The van der Waals surface area contributed by atoms with E-state index in [4.69, 9.17) is 0 Å². The molecule has 0 aliphatic heterocycles. The fourth-order valence-corrected chi connectivity index (χ4v) is 2.59. The molecule has 2 rings (SSSR count). The molecule has 2 amide bonds. The highest BCUT2D eigenvalue weighted by Gasteiger charge is 2.23. The van der Waals surface area contributed by atoms with Crippen LogP contribution in [0.3, 0.4) is 0 Å². The van der Waals surface area contributed by atoms with Crippen LogP contribution in [0.4, 0.5) is 0 Å². The first-order valence-corrected chi connectivity index (χ1v) is 7.37. The van der Waals surface area contributed by atoms with Crippen LogP contribution in [-0.2, 0) is 9.59 Å². The highest BCUT2D eigenvalue weighted by molar-refractivity contribution is 5.88. The van der Waals surface area contributed by atoms with Gasteiger partial charge >= 0.3 is 0 Å². The summed E-state index contributed by atoms with van der Waals surface area (Å²) in [6.07, 6.45) is 0. The number of fused-ring (bicyclic) bond motifs is 1. The Morgan fingerprint density at radius 3 is 2.32 bits per heavy atom. The molecule has 0 N–H and O–H groups in total. The zero-order valence-electron chi connectivity index (χ0n) is 13.5. The SMILES string of the molecule is CC(=O)N(CC(=O)N(C)C)[C@@H](C)c1cccc2ccccc12. The molecule has 0 heterocycles. The second-order valence-electron chi connectivity index (χ2n) is 5.68. The topological polar surface area (TPSA) is 40.6 Å². The van der Waals surface area contributed by atoms with Crippen LogP contribution in [0.1, 0.15) is 25.5 Å². The lowest BCUT2D eigenvalue weighted by molar-refractivity contribution is -0.139. The molecule has 0 saturated heterocycles. The average molecular weight is 298 g/mol. The van der Waals surface area contributed by atoms with Gasteiger partial charge in [-0.25, -0.2) is 0 Å².